The summed E-state index contributed by atoms with van der Waals surface area (Å²) < 4.78 is 4.74. The SMILES string of the molecule is CCOC(=O)C(=O)c1ccc2c(c1)CCCCC2. The number of ketones is 1. The van der Waals surface area contributed by atoms with Crippen LogP contribution in [0.2, 0.25) is 0 Å². The van der Waals surface area contributed by atoms with E-state index in [0.717, 1.165) is 19.3 Å². The Morgan fingerprint density at radius 3 is 2.56 bits per heavy atom. The van der Waals surface area contributed by atoms with Crippen LogP contribution in [-0.4, -0.2) is 18.4 Å². The Labute approximate surface area is 107 Å². The van der Waals surface area contributed by atoms with E-state index >= 15 is 0 Å². The van der Waals surface area contributed by atoms with Crippen LogP contribution in [0.5, 0.6) is 0 Å². The molecule has 0 N–H and O–H groups in total. The highest BCUT2D eigenvalue weighted by molar-refractivity contribution is 6.40. The zero-order chi connectivity index (χ0) is 13.0. The fourth-order valence-corrected chi connectivity index (χ4v) is 2.37. The minimum atomic E-state index is -0.758. The van der Waals surface area contributed by atoms with Crippen molar-refractivity contribution in [2.24, 2.45) is 0 Å². The van der Waals surface area contributed by atoms with Gasteiger partial charge in [-0.3, -0.25) is 4.79 Å². The first-order valence-electron chi connectivity index (χ1n) is 6.55. The number of fused-ring (bicyclic) bond motifs is 1. The predicted octanol–water partition coefficient (Wildman–Crippen LogP) is 2.70. The van der Waals surface area contributed by atoms with Gasteiger partial charge < -0.3 is 4.74 Å². The zero-order valence-electron chi connectivity index (χ0n) is 10.7. The number of hydrogen-bond acceptors (Lipinski definition) is 3. The average Bonchev–Trinajstić information content (AvgIpc) is 2.62. The topological polar surface area (TPSA) is 43.4 Å². The van der Waals surface area contributed by atoms with Crippen molar-refractivity contribution >= 4 is 11.8 Å². The quantitative estimate of drug-likeness (QED) is 0.356. The van der Waals surface area contributed by atoms with Gasteiger partial charge in [-0.1, -0.05) is 18.6 Å². The van der Waals surface area contributed by atoms with E-state index in [9.17, 15) is 9.59 Å². The number of esters is 1. The highest BCUT2D eigenvalue weighted by atomic mass is 16.5. The van der Waals surface area contributed by atoms with Gasteiger partial charge in [0.25, 0.3) is 5.78 Å². The number of hydrogen-bond donors (Lipinski definition) is 0. The van der Waals surface area contributed by atoms with E-state index in [1.807, 2.05) is 12.1 Å². The van der Waals surface area contributed by atoms with Crippen LogP contribution in [0.4, 0.5) is 0 Å². The third kappa shape index (κ3) is 2.78. The van der Waals surface area contributed by atoms with E-state index in [0.29, 0.717) is 5.56 Å². The first kappa shape index (κ1) is 12.8. The maximum atomic E-state index is 11.8. The second-order valence-electron chi connectivity index (χ2n) is 4.59. The second-order valence-corrected chi connectivity index (χ2v) is 4.59. The molecule has 0 radical (unpaired) electrons. The Morgan fingerprint density at radius 2 is 1.83 bits per heavy atom. The summed E-state index contributed by atoms with van der Waals surface area (Å²) in [5.74, 6) is -1.30. The van der Waals surface area contributed by atoms with E-state index in [1.165, 1.54) is 24.0 Å². The molecular formula is C15H18O3. The fraction of sp³-hybridized carbons (Fsp3) is 0.467. The molecule has 3 nitrogen and oxygen atoms in total. The Morgan fingerprint density at radius 1 is 1.11 bits per heavy atom. The lowest BCUT2D eigenvalue weighted by Crippen LogP contribution is -2.17. The molecule has 0 heterocycles. The Kier molecular flexibility index (Phi) is 4.13. The summed E-state index contributed by atoms with van der Waals surface area (Å²) in [5.41, 5.74) is 2.98. The van der Waals surface area contributed by atoms with Gasteiger partial charge in [0.1, 0.15) is 0 Å². The van der Waals surface area contributed by atoms with Crippen molar-refractivity contribution in [1.29, 1.82) is 0 Å². The molecule has 0 saturated heterocycles. The van der Waals surface area contributed by atoms with Gasteiger partial charge in [0.2, 0.25) is 0 Å². The summed E-state index contributed by atoms with van der Waals surface area (Å²) in [6, 6.07) is 5.58. The van der Waals surface area contributed by atoms with Gasteiger partial charge in [-0.15, -0.1) is 0 Å². The molecular weight excluding hydrogens is 228 g/mol. The van der Waals surface area contributed by atoms with Crippen molar-refractivity contribution in [2.45, 2.75) is 39.0 Å². The molecule has 1 aromatic rings. The maximum absolute atomic E-state index is 11.8. The Balaban J connectivity index is 2.22. The molecule has 18 heavy (non-hydrogen) atoms. The molecule has 0 spiro atoms. The molecule has 0 aromatic heterocycles. The summed E-state index contributed by atoms with van der Waals surface area (Å²) in [6.45, 7) is 1.93. The van der Waals surface area contributed by atoms with Gasteiger partial charge in [-0.2, -0.15) is 0 Å². The highest BCUT2D eigenvalue weighted by Crippen LogP contribution is 2.22. The number of rotatable bonds is 3. The van der Waals surface area contributed by atoms with Crippen molar-refractivity contribution in [2.75, 3.05) is 6.61 Å². The van der Waals surface area contributed by atoms with Gasteiger partial charge >= 0.3 is 5.97 Å². The van der Waals surface area contributed by atoms with Crippen molar-refractivity contribution in [1.82, 2.24) is 0 Å². The Bertz CT molecular complexity index is 463. The van der Waals surface area contributed by atoms with Crippen LogP contribution >= 0.6 is 0 Å². The standard InChI is InChI=1S/C15H18O3/c1-2-18-15(17)14(16)13-9-8-11-6-4-3-5-7-12(11)10-13/h8-10H,2-7H2,1H3. The molecule has 0 bridgehead atoms. The maximum Gasteiger partial charge on any atom is 0.379 e. The van der Waals surface area contributed by atoms with Gasteiger partial charge in [-0.25, -0.2) is 4.79 Å². The van der Waals surface area contributed by atoms with Gasteiger partial charge in [-0.05, 0) is 49.8 Å². The molecule has 0 aliphatic heterocycles. The number of carbonyl (C=O) groups excluding carboxylic acids is 2. The molecule has 1 aliphatic carbocycles. The minimum absolute atomic E-state index is 0.232. The van der Waals surface area contributed by atoms with Crippen LogP contribution in [0.15, 0.2) is 18.2 Å². The summed E-state index contributed by atoms with van der Waals surface area (Å²) in [5, 5.41) is 0. The van der Waals surface area contributed by atoms with E-state index in [2.05, 4.69) is 0 Å². The number of benzene rings is 1. The van der Waals surface area contributed by atoms with Crippen LogP contribution in [0, 0.1) is 0 Å². The molecule has 0 unspecified atom stereocenters. The average molecular weight is 246 g/mol. The normalized spacial score (nSPS) is 14.5. The second kappa shape index (κ2) is 5.80. The Hall–Kier alpha value is -1.64. The molecule has 2 rings (SSSR count). The summed E-state index contributed by atoms with van der Waals surface area (Å²) in [6.07, 6.45) is 5.67. The number of ether oxygens (including phenoxy) is 1. The smallest absolute Gasteiger partial charge is 0.379 e. The molecule has 3 heteroatoms. The summed E-state index contributed by atoms with van der Waals surface area (Å²) >= 11 is 0. The monoisotopic (exact) mass is 246 g/mol. The molecule has 0 amide bonds. The van der Waals surface area contributed by atoms with Gasteiger partial charge in [0, 0.05) is 5.56 Å². The minimum Gasteiger partial charge on any atom is -0.460 e. The van der Waals surface area contributed by atoms with E-state index in [4.69, 9.17) is 4.74 Å². The van der Waals surface area contributed by atoms with Crippen LogP contribution in [0.3, 0.4) is 0 Å². The lowest BCUT2D eigenvalue weighted by Gasteiger charge is -2.07. The zero-order valence-corrected chi connectivity index (χ0v) is 10.7. The number of carbonyl (C=O) groups is 2. The number of aryl methyl sites for hydroxylation is 2. The molecule has 1 aromatic carbocycles. The van der Waals surface area contributed by atoms with Crippen LogP contribution in [-0.2, 0) is 22.4 Å². The van der Waals surface area contributed by atoms with Gasteiger partial charge in [0.15, 0.2) is 0 Å². The van der Waals surface area contributed by atoms with E-state index < -0.39 is 11.8 Å². The van der Waals surface area contributed by atoms with Crippen LogP contribution in [0.25, 0.3) is 0 Å². The van der Waals surface area contributed by atoms with Gasteiger partial charge in [0.05, 0.1) is 6.61 Å². The summed E-state index contributed by atoms with van der Waals surface area (Å²) in [4.78, 5) is 23.2. The third-order valence-corrected chi connectivity index (χ3v) is 3.32. The van der Waals surface area contributed by atoms with Crippen LogP contribution in [0.1, 0.15) is 47.7 Å². The van der Waals surface area contributed by atoms with E-state index in [1.54, 1.807) is 13.0 Å². The highest BCUT2D eigenvalue weighted by Gasteiger charge is 2.19. The molecule has 96 valence electrons. The van der Waals surface area contributed by atoms with Crippen molar-refractivity contribution in [3.63, 3.8) is 0 Å². The van der Waals surface area contributed by atoms with Crippen molar-refractivity contribution in [3.8, 4) is 0 Å². The predicted molar refractivity (Wildman–Crippen MR) is 68.7 cm³/mol. The third-order valence-electron chi connectivity index (χ3n) is 3.32. The van der Waals surface area contributed by atoms with E-state index in [-0.39, 0.29) is 6.61 Å². The van der Waals surface area contributed by atoms with Crippen molar-refractivity contribution < 1.29 is 14.3 Å². The fourth-order valence-electron chi connectivity index (χ4n) is 2.37. The van der Waals surface area contributed by atoms with Crippen LogP contribution < -0.4 is 0 Å². The first-order valence-corrected chi connectivity index (χ1v) is 6.55. The number of Topliss-reactive ketones (excluding diaryl/α,β-unsaturated/α-hetero) is 1. The molecule has 0 saturated carbocycles. The molecule has 0 atom stereocenters. The lowest BCUT2D eigenvalue weighted by molar-refractivity contribution is -0.137. The molecule has 1 aliphatic rings. The largest absolute Gasteiger partial charge is 0.460 e. The van der Waals surface area contributed by atoms with Crippen molar-refractivity contribution in [3.05, 3.63) is 34.9 Å². The first-order chi connectivity index (χ1) is 8.72. The summed E-state index contributed by atoms with van der Waals surface area (Å²) in [7, 11) is 0. The lowest BCUT2D eigenvalue weighted by atomic mass is 9.98. The molecule has 0 fully saturated rings.